The molecule has 8 aromatic carbocycles. The molecule has 0 atom stereocenters. The van der Waals surface area contributed by atoms with Gasteiger partial charge in [0.1, 0.15) is 0 Å². The molecule has 0 amide bonds. The van der Waals surface area contributed by atoms with Crippen molar-refractivity contribution in [2.45, 2.75) is 0 Å². The smallest absolute Gasteiger partial charge is 0.0540 e. The number of fused-ring (bicyclic) bond motifs is 4. The van der Waals surface area contributed by atoms with Crippen LogP contribution in [-0.2, 0) is 0 Å². The minimum atomic E-state index is 1.12. The van der Waals surface area contributed by atoms with Gasteiger partial charge in [0.05, 0.1) is 5.69 Å². The largest absolute Gasteiger partial charge is 0.310 e. The van der Waals surface area contributed by atoms with Gasteiger partial charge in [0, 0.05) is 37.1 Å². The molecule has 0 aliphatic rings. The van der Waals surface area contributed by atoms with E-state index in [1.165, 1.54) is 64.3 Å². The van der Waals surface area contributed by atoms with Gasteiger partial charge in [0.2, 0.25) is 0 Å². The van der Waals surface area contributed by atoms with Gasteiger partial charge in [-0.15, -0.1) is 11.3 Å². The number of para-hydroxylation sites is 1. The van der Waals surface area contributed by atoms with Crippen molar-refractivity contribution in [2.75, 3.05) is 4.90 Å². The van der Waals surface area contributed by atoms with E-state index in [0.29, 0.717) is 0 Å². The quantitative estimate of drug-likeness (QED) is 0.177. The summed E-state index contributed by atoms with van der Waals surface area (Å²) in [5.41, 5.74) is 10.6. The molecule has 1 nitrogen and oxygen atoms in total. The lowest BCUT2D eigenvalue weighted by molar-refractivity contribution is 1.29. The van der Waals surface area contributed by atoms with Gasteiger partial charge in [-0.2, -0.15) is 0 Å². The van der Waals surface area contributed by atoms with Crippen molar-refractivity contribution in [3.8, 4) is 33.4 Å². The topological polar surface area (TPSA) is 3.24 Å². The first-order chi connectivity index (χ1) is 23.8. The Labute approximate surface area is 284 Å². The maximum absolute atomic E-state index is 2.42. The van der Waals surface area contributed by atoms with E-state index in [1.54, 1.807) is 0 Å². The predicted molar refractivity (Wildman–Crippen MR) is 208 cm³/mol. The summed E-state index contributed by atoms with van der Waals surface area (Å²) in [7, 11) is 0. The Hall–Kier alpha value is -5.96. The van der Waals surface area contributed by atoms with Crippen molar-refractivity contribution >= 4 is 59.3 Å². The first kappa shape index (κ1) is 28.3. The SMILES string of the molecule is c1ccc(-c2ccccc2N(c2cccc(-c3cccc(-c4cccc5ccccc45)c3)c2)c2ccc3sc4ccccc4c3c2)cc1. The van der Waals surface area contributed by atoms with Crippen LogP contribution in [0.4, 0.5) is 17.1 Å². The fourth-order valence-electron chi connectivity index (χ4n) is 6.98. The molecule has 0 unspecified atom stereocenters. The van der Waals surface area contributed by atoms with E-state index < -0.39 is 0 Å². The number of benzene rings is 8. The highest BCUT2D eigenvalue weighted by molar-refractivity contribution is 7.25. The zero-order valence-electron chi connectivity index (χ0n) is 26.3. The molecule has 0 saturated carbocycles. The fraction of sp³-hybridized carbons (Fsp3) is 0. The summed E-state index contributed by atoms with van der Waals surface area (Å²) in [5, 5.41) is 5.11. The molecular weight excluding hydrogens is 599 g/mol. The van der Waals surface area contributed by atoms with E-state index in [0.717, 1.165) is 17.1 Å². The number of rotatable bonds is 6. The first-order valence-electron chi connectivity index (χ1n) is 16.3. The van der Waals surface area contributed by atoms with Crippen LogP contribution >= 0.6 is 11.3 Å². The van der Waals surface area contributed by atoms with Gasteiger partial charge in [0.15, 0.2) is 0 Å². The molecule has 0 fully saturated rings. The molecule has 9 aromatic rings. The van der Waals surface area contributed by atoms with E-state index in [2.05, 4.69) is 193 Å². The molecule has 48 heavy (non-hydrogen) atoms. The third kappa shape index (κ3) is 5.04. The Kier molecular flexibility index (Phi) is 7.07. The van der Waals surface area contributed by atoms with Gasteiger partial charge in [0.25, 0.3) is 0 Å². The summed E-state index contributed by atoms with van der Waals surface area (Å²) in [4.78, 5) is 2.42. The van der Waals surface area contributed by atoms with Crippen LogP contribution < -0.4 is 4.90 Å². The van der Waals surface area contributed by atoms with E-state index in [1.807, 2.05) is 11.3 Å². The van der Waals surface area contributed by atoms with Crippen LogP contribution in [0.5, 0.6) is 0 Å². The zero-order chi connectivity index (χ0) is 31.9. The molecule has 0 radical (unpaired) electrons. The van der Waals surface area contributed by atoms with Gasteiger partial charge in [-0.1, -0.05) is 140 Å². The second-order valence-corrected chi connectivity index (χ2v) is 13.2. The standard InChI is InChI=1S/C46H31NS/c1-2-13-33(14-3-1)41-22-6-8-25-44(41)47(38-27-28-46-43(31-38)42-23-7-9-26-45(42)48-46)37-20-11-18-35(30-37)34-17-10-19-36(29-34)40-24-12-16-32-15-4-5-21-39(32)40/h1-31H. The van der Waals surface area contributed by atoms with Crippen molar-refractivity contribution in [2.24, 2.45) is 0 Å². The predicted octanol–water partition coefficient (Wildman–Crippen LogP) is 13.7. The Morgan fingerprint density at radius 1 is 0.333 bits per heavy atom. The van der Waals surface area contributed by atoms with Crippen LogP contribution in [0.3, 0.4) is 0 Å². The Bertz CT molecular complexity index is 2570. The number of hydrogen-bond donors (Lipinski definition) is 0. The van der Waals surface area contributed by atoms with Crippen molar-refractivity contribution in [3.63, 3.8) is 0 Å². The normalized spacial score (nSPS) is 11.3. The number of hydrogen-bond acceptors (Lipinski definition) is 2. The van der Waals surface area contributed by atoms with Gasteiger partial charge in [-0.25, -0.2) is 0 Å². The number of nitrogens with zero attached hydrogens (tertiary/aromatic N) is 1. The molecule has 1 heterocycles. The minimum absolute atomic E-state index is 1.12. The van der Waals surface area contributed by atoms with Crippen LogP contribution in [-0.4, -0.2) is 0 Å². The summed E-state index contributed by atoms with van der Waals surface area (Å²) < 4.78 is 2.62. The fourth-order valence-corrected chi connectivity index (χ4v) is 8.07. The summed E-state index contributed by atoms with van der Waals surface area (Å²) in [6, 6.07) is 68.2. The van der Waals surface area contributed by atoms with Crippen molar-refractivity contribution in [3.05, 3.63) is 188 Å². The molecule has 226 valence electrons. The third-order valence-corrected chi connectivity index (χ3v) is 10.4. The van der Waals surface area contributed by atoms with E-state index in [9.17, 15) is 0 Å². The molecule has 0 aliphatic carbocycles. The molecule has 9 rings (SSSR count). The maximum Gasteiger partial charge on any atom is 0.0540 e. The van der Waals surface area contributed by atoms with E-state index in [4.69, 9.17) is 0 Å². The van der Waals surface area contributed by atoms with Crippen LogP contribution in [0.15, 0.2) is 188 Å². The van der Waals surface area contributed by atoms with E-state index in [-0.39, 0.29) is 0 Å². The summed E-state index contributed by atoms with van der Waals surface area (Å²) in [6.07, 6.45) is 0. The van der Waals surface area contributed by atoms with Gasteiger partial charge in [-0.05, 0) is 87.1 Å². The van der Waals surface area contributed by atoms with Gasteiger partial charge in [-0.3, -0.25) is 0 Å². The third-order valence-electron chi connectivity index (χ3n) is 9.25. The summed E-state index contributed by atoms with van der Waals surface area (Å²) in [6.45, 7) is 0. The molecule has 0 bridgehead atoms. The highest BCUT2D eigenvalue weighted by Crippen LogP contribution is 2.44. The van der Waals surface area contributed by atoms with Crippen LogP contribution in [0.1, 0.15) is 0 Å². The van der Waals surface area contributed by atoms with E-state index >= 15 is 0 Å². The molecular formula is C46H31NS. The van der Waals surface area contributed by atoms with Crippen molar-refractivity contribution < 1.29 is 0 Å². The van der Waals surface area contributed by atoms with Crippen LogP contribution in [0, 0.1) is 0 Å². The molecule has 0 saturated heterocycles. The maximum atomic E-state index is 2.42. The van der Waals surface area contributed by atoms with Gasteiger partial charge < -0.3 is 4.90 Å². The number of thiophene rings is 1. The Morgan fingerprint density at radius 2 is 0.938 bits per heavy atom. The molecule has 2 heteroatoms. The second-order valence-electron chi connectivity index (χ2n) is 12.2. The monoisotopic (exact) mass is 629 g/mol. The Morgan fingerprint density at radius 3 is 1.85 bits per heavy atom. The highest BCUT2D eigenvalue weighted by Gasteiger charge is 2.19. The highest BCUT2D eigenvalue weighted by atomic mass is 32.1. The van der Waals surface area contributed by atoms with Crippen LogP contribution in [0.25, 0.3) is 64.3 Å². The average Bonchev–Trinajstić information content (AvgIpc) is 3.54. The first-order valence-corrected chi connectivity index (χ1v) is 17.2. The summed E-state index contributed by atoms with van der Waals surface area (Å²) in [5.74, 6) is 0. The lowest BCUT2D eigenvalue weighted by Crippen LogP contribution is -2.11. The molecule has 0 aliphatic heterocycles. The second kappa shape index (κ2) is 12.0. The lowest BCUT2D eigenvalue weighted by Gasteiger charge is -2.28. The lowest BCUT2D eigenvalue weighted by atomic mass is 9.95. The molecule has 0 N–H and O–H groups in total. The molecule has 1 aromatic heterocycles. The van der Waals surface area contributed by atoms with Crippen molar-refractivity contribution in [1.29, 1.82) is 0 Å². The minimum Gasteiger partial charge on any atom is -0.310 e. The zero-order valence-corrected chi connectivity index (χ0v) is 27.1. The van der Waals surface area contributed by atoms with Gasteiger partial charge >= 0.3 is 0 Å². The average molecular weight is 630 g/mol. The number of anilines is 3. The van der Waals surface area contributed by atoms with Crippen molar-refractivity contribution in [1.82, 2.24) is 0 Å². The van der Waals surface area contributed by atoms with Crippen LogP contribution in [0.2, 0.25) is 0 Å². The molecule has 0 spiro atoms. The summed E-state index contributed by atoms with van der Waals surface area (Å²) >= 11 is 1.85. The Balaban J connectivity index is 1.22.